The molecular formula is C24H29N3O. The van der Waals surface area contributed by atoms with E-state index in [2.05, 4.69) is 52.0 Å². The van der Waals surface area contributed by atoms with Gasteiger partial charge in [-0.15, -0.1) is 0 Å². The summed E-state index contributed by atoms with van der Waals surface area (Å²) in [5, 5.41) is 0. The van der Waals surface area contributed by atoms with Crippen molar-refractivity contribution in [2.24, 2.45) is 11.8 Å². The van der Waals surface area contributed by atoms with Crippen LogP contribution in [0.25, 0.3) is 0 Å². The smallest absolute Gasteiger partial charge is 0.227 e. The highest BCUT2D eigenvalue weighted by atomic mass is 16.2. The van der Waals surface area contributed by atoms with Crippen LogP contribution in [0.1, 0.15) is 36.1 Å². The SMILES string of the molecule is Cc1ccc([C@]23C[C@H]2CN(C(=O)C2CCCN(Cc4ccccn4)C2)C3)cc1. The lowest BCUT2D eigenvalue weighted by atomic mass is 9.93. The van der Waals surface area contributed by atoms with Crippen molar-refractivity contribution in [3.8, 4) is 0 Å². The highest BCUT2D eigenvalue weighted by molar-refractivity contribution is 5.80. The number of likely N-dealkylation sites (tertiary alicyclic amines) is 2. The number of benzene rings is 1. The van der Waals surface area contributed by atoms with Crippen LogP contribution in [0.15, 0.2) is 48.7 Å². The number of nitrogens with zero attached hydrogens (tertiary/aromatic N) is 3. The molecule has 0 N–H and O–H groups in total. The van der Waals surface area contributed by atoms with E-state index in [0.29, 0.717) is 11.8 Å². The Balaban J connectivity index is 1.23. The van der Waals surface area contributed by atoms with E-state index in [4.69, 9.17) is 0 Å². The lowest BCUT2D eigenvalue weighted by molar-refractivity contribution is -0.137. The van der Waals surface area contributed by atoms with Gasteiger partial charge in [0.05, 0.1) is 11.6 Å². The highest BCUT2D eigenvalue weighted by Crippen LogP contribution is 2.59. The first kappa shape index (κ1) is 17.9. The fraction of sp³-hybridized carbons (Fsp3) is 0.500. The summed E-state index contributed by atoms with van der Waals surface area (Å²) in [4.78, 5) is 22.3. The van der Waals surface area contributed by atoms with Crippen molar-refractivity contribution in [1.29, 1.82) is 0 Å². The Bertz CT molecular complexity index is 850. The van der Waals surface area contributed by atoms with Crippen LogP contribution in [-0.4, -0.2) is 46.9 Å². The summed E-state index contributed by atoms with van der Waals surface area (Å²) >= 11 is 0. The Labute approximate surface area is 167 Å². The Kier molecular flexibility index (Phi) is 4.47. The van der Waals surface area contributed by atoms with Crippen molar-refractivity contribution < 1.29 is 4.79 Å². The Hall–Kier alpha value is -2.20. The number of pyridine rings is 1. The van der Waals surface area contributed by atoms with E-state index in [-0.39, 0.29) is 11.3 Å². The van der Waals surface area contributed by atoms with Gasteiger partial charge in [0.1, 0.15) is 0 Å². The molecule has 1 aliphatic carbocycles. The van der Waals surface area contributed by atoms with Crippen molar-refractivity contribution in [3.63, 3.8) is 0 Å². The predicted octanol–water partition coefficient (Wildman–Crippen LogP) is 3.40. The molecule has 1 aromatic carbocycles. The third kappa shape index (κ3) is 3.24. The summed E-state index contributed by atoms with van der Waals surface area (Å²) in [7, 11) is 0. The highest BCUT2D eigenvalue weighted by Gasteiger charge is 2.61. The maximum atomic E-state index is 13.3. The zero-order valence-corrected chi connectivity index (χ0v) is 16.7. The molecule has 1 unspecified atom stereocenters. The summed E-state index contributed by atoms with van der Waals surface area (Å²) in [6.07, 6.45) is 5.22. The van der Waals surface area contributed by atoms with Gasteiger partial charge in [0.15, 0.2) is 0 Å². The lowest BCUT2D eigenvalue weighted by Gasteiger charge is -2.34. The number of hydrogen-bond acceptors (Lipinski definition) is 3. The van der Waals surface area contributed by atoms with E-state index < -0.39 is 0 Å². The van der Waals surface area contributed by atoms with Gasteiger partial charge in [0.25, 0.3) is 0 Å². The second-order valence-corrected chi connectivity index (χ2v) is 9.04. The molecule has 1 amide bonds. The molecule has 0 spiro atoms. The first-order chi connectivity index (χ1) is 13.6. The Morgan fingerprint density at radius 2 is 2.04 bits per heavy atom. The molecule has 1 aromatic heterocycles. The number of aryl methyl sites for hydroxylation is 1. The fourth-order valence-electron chi connectivity index (χ4n) is 5.36. The summed E-state index contributed by atoms with van der Waals surface area (Å²) in [5.74, 6) is 1.18. The number of fused-ring (bicyclic) bond motifs is 1. The van der Waals surface area contributed by atoms with Gasteiger partial charge < -0.3 is 4.90 Å². The first-order valence-electron chi connectivity index (χ1n) is 10.6. The molecule has 3 heterocycles. The van der Waals surface area contributed by atoms with Gasteiger partial charge in [-0.25, -0.2) is 0 Å². The number of hydrogen-bond donors (Lipinski definition) is 0. The van der Waals surface area contributed by atoms with Crippen LogP contribution in [-0.2, 0) is 16.8 Å². The third-order valence-electron chi connectivity index (χ3n) is 7.05. The molecule has 0 bridgehead atoms. The minimum atomic E-state index is 0.144. The number of amides is 1. The normalized spacial score (nSPS) is 29.5. The quantitative estimate of drug-likeness (QED) is 0.822. The molecule has 3 fully saturated rings. The zero-order chi connectivity index (χ0) is 19.1. The van der Waals surface area contributed by atoms with Crippen molar-refractivity contribution in [3.05, 3.63) is 65.5 Å². The van der Waals surface area contributed by atoms with Gasteiger partial charge >= 0.3 is 0 Å². The number of carbonyl (C=O) groups is 1. The molecule has 3 atom stereocenters. The average molecular weight is 376 g/mol. The molecular weight excluding hydrogens is 346 g/mol. The van der Waals surface area contributed by atoms with Crippen molar-refractivity contribution >= 4 is 5.91 Å². The molecule has 2 saturated heterocycles. The largest absolute Gasteiger partial charge is 0.341 e. The van der Waals surface area contributed by atoms with Gasteiger partial charge in [-0.2, -0.15) is 0 Å². The van der Waals surface area contributed by atoms with Crippen LogP contribution in [0.5, 0.6) is 0 Å². The predicted molar refractivity (Wildman–Crippen MR) is 110 cm³/mol. The Morgan fingerprint density at radius 3 is 2.82 bits per heavy atom. The van der Waals surface area contributed by atoms with Gasteiger partial charge in [-0.1, -0.05) is 35.9 Å². The Morgan fingerprint density at radius 1 is 1.18 bits per heavy atom. The lowest BCUT2D eigenvalue weighted by Crippen LogP contribution is -2.45. The molecule has 3 aliphatic rings. The zero-order valence-electron chi connectivity index (χ0n) is 16.7. The van der Waals surface area contributed by atoms with Crippen LogP contribution in [0, 0.1) is 18.8 Å². The maximum absolute atomic E-state index is 13.3. The van der Waals surface area contributed by atoms with Gasteiger partial charge in [-0.3, -0.25) is 14.7 Å². The number of rotatable bonds is 4. The minimum Gasteiger partial charge on any atom is -0.341 e. The molecule has 4 nitrogen and oxygen atoms in total. The second-order valence-electron chi connectivity index (χ2n) is 9.04. The van der Waals surface area contributed by atoms with E-state index in [9.17, 15) is 4.79 Å². The van der Waals surface area contributed by atoms with Crippen molar-refractivity contribution in [2.75, 3.05) is 26.2 Å². The fourth-order valence-corrected chi connectivity index (χ4v) is 5.36. The molecule has 2 aliphatic heterocycles. The maximum Gasteiger partial charge on any atom is 0.227 e. The first-order valence-corrected chi connectivity index (χ1v) is 10.6. The van der Waals surface area contributed by atoms with Crippen LogP contribution in [0.2, 0.25) is 0 Å². The summed E-state index contributed by atoms with van der Waals surface area (Å²) in [6, 6.07) is 15.0. The minimum absolute atomic E-state index is 0.144. The molecule has 2 aromatic rings. The standard InChI is InChI=1S/C24H29N3O/c1-18-7-9-20(10-8-18)24-13-21(24)15-27(17-24)23(28)19-5-4-12-26(14-19)16-22-6-2-3-11-25-22/h2-3,6-11,19,21H,4-5,12-17H2,1H3/t19?,21-,24+/m0/s1. The average Bonchev–Trinajstić information content (AvgIpc) is 3.30. The van der Waals surface area contributed by atoms with Gasteiger partial charge in [-0.05, 0) is 56.3 Å². The van der Waals surface area contributed by atoms with Crippen LogP contribution in [0.4, 0.5) is 0 Å². The molecule has 4 heteroatoms. The van der Waals surface area contributed by atoms with Gasteiger partial charge in [0.2, 0.25) is 5.91 Å². The molecule has 0 radical (unpaired) electrons. The molecule has 5 rings (SSSR count). The van der Waals surface area contributed by atoms with E-state index >= 15 is 0 Å². The van der Waals surface area contributed by atoms with E-state index in [1.54, 1.807) is 0 Å². The van der Waals surface area contributed by atoms with E-state index in [1.165, 1.54) is 17.5 Å². The second kappa shape index (κ2) is 7.00. The number of piperidine rings is 2. The monoisotopic (exact) mass is 375 g/mol. The van der Waals surface area contributed by atoms with E-state index in [1.807, 2.05) is 18.3 Å². The van der Waals surface area contributed by atoms with Crippen molar-refractivity contribution in [1.82, 2.24) is 14.8 Å². The summed E-state index contributed by atoms with van der Waals surface area (Å²) < 4.78 is 0. The third-order valence-corrected chi connectivity index (χ3v) is 7.05. The van der Waals surface area contributed by atoms with Crippen LogP contribution < -0.4 is 0 Å². The van der Waals surface area contributed by atoms with E-state index in [0.717, 1.165) is 51.3 Å². The summed E-state index contributed by atoms with van der Waals surface area (Å²) in [5.41, 5.74) is 4.07. The summed E-state index contributed by atoms with van der Waals surface area (Å²) in [6.45, 7) is 6.78. The van der Waals surface area contributed by atoms with Gasteiger partial charge in [0, 0.05) is 37.8 Å². The van der Waals surface area contributed by atoms with Crippen LogP contribution >= 0.6 is 0 Å². The molecule has 146 valence electrons. The topological polar surface area (TPSA) is 36.4 Å². The number of aromatic nitrogens is 1. The van der Waals surface area contributed by atoms with Crippen LogP contribution in [0.3, 0.4) is 0 Å². The molecule has 28 heavy (non-hydrogen) atoms. The van der Waals surface area contributed by atoms with Crippen molar-refractivity contribution in [2.45, 2.75) is 38.1 Å². The number of carbonyl (C=O) groups excluding carboxylic acids is 1. The molecule has 1 saturated carbocycles.